The van der Waals surface area contributed by atoms with Crippen molar-refractivity contribution in [2.75, 3.05) is 0 Å². The van der Waals surface area contributed by atoms with Crippen LogP contribution in [0.3, 0.4) is 0 Å². The molecule has 0 unspecified atom stereocenters. The SMILES string of the molecule is C1=CC2=CC3=C(CC=CO3)CC2=C1. The molecule has 0 fully saturated rings. The Labute approximate surface area is 77.4 Å². The summed E-state index contributed by atoms with van der Waals surface area (Å²) in [5.41, 5.74) is 4.15. The lowest BCUT2D eigenvalue weighted by Crippen LogP contribution is -2.03. The van der Waals surface area contributed by atoms with E-state index in [1.165, 1.54) is 16.7 Å². The van der Waals surface area contributed by atoms with Crippen molar-refractivity contribution in [3.63, 3.8) is 0 Å². The first-order valence-electron chi connectivity index (χ1n) is 4.56. The minimum absolute atomic E-state index is 1.04. The van der Waals surface area contributed by atoms with E-state index in [-0.39, 0.29) is 0 Å². The van der Waals surface area contributed by atoms with Crippen LogP contribution in [0.25, 0.3) is 0 Å². The largest absolute Gasteiger partial charge is 0.465 e. The Hall–Kier alpha value is -1.50. The van der Waals surface area contributed by atoms with Gasteiger partial charge in [-0.3, -0.25) is 0 Å². The Kier molecular flexibility index (Phi) is 1.33. The maximum Gasteiger partial charge on any atom is 0.126 e. The van der Waals surface area contributed by atoms with Gasteiger partial charge in [0.05, 0.1) is 6.26 Å². The number of ether oxygens (including phenoxy) is 1. The molecule has 0 aromatic rings. The summed E-state index contributed by atoms with van der Waals surface area (Å²) in [5.74, 6) is 1.06. The second kappa shape index (κ2) is 2.49. The summed E-state index contributed by atoms with van der Waals surface area (Å²) >= 11 is 0. The summed E-state index contributed by atoms with van der Waals surface area (Å²) in [5, 5.41) is 0. The molecule has 1 heterocycles. The zero-order valence-electron chi connectivity index (χ0n) is 7.29. The molecule has 64 valence electrons. The van der Waals surface area contributed by atoms with Crippen molar-refractivity contribution in [1.82, 2.24) is 0 Å². The molecule has 0 N–H and O–H groups in total. The monoisotopic (exact) mass is 170 g/mol. The predicted octanol–water partition coefficient (Wildman–Crippen LogP) is 3.00. The molecular weight excluding hydrogens is 160 g/mol. The molecule has 2 aliphatic carbocycles. The molecule has 0 saturated heterocycles. The van der Waals surface area contributed by atoms with Crippen molar-refractivity contribution in [1.29, 1.82) is 0 Å². The molecule has 1 heteroatoms. The van der Waals surface area contributed by atoms with Crippen LogP contribution in [0.2, 0.25) is 0 Å². The topological polar surface area (TPSA) is 9.23 Å². The van der Waals surface area contributed by atoms with E-state index in [2.05, 4.69) is 30.4 Å². The fraction of sp³-hybridized carbons (Fsp3) is 0.167. The highest BCUT2D eigenvalue weighted by molar-refractivity contribution is 5.56. The summed E-state index contributed by atoms with van der Waals surface area (Å²) in [6.07, 6.45) is 14.5. The molecule has 0 atom stereocenters. The van der Waals surface area contributed by atoms with Crippen LogP contribution in [0.4, 0.5) is 0 Å². The summed E-state index contributed by atoms with van der Waals surface area (Å²) in [6.45, 7) is 0. The van der Waals surface area contributed by atoms with E-state index in [1.54, 1.807) is 6.26 Å². The molecule has 0 radical (unpaired) electrons. The summed E-state index contributed by atoms with van der Waals surface area (Å²) in [6, 6.07) is 0. The van der Waals surface area contributed by atoms with E-state index in [0.717, 1.165) is 18.6 Å². The second-order valence-electron chi connectivity index (χ2n) is 3.49. The van der Waals surface area contributed by atoms with Gasteiger partial charge in [-0.15, -0.1) is 0 Å². The van der Waals surface area contributed by atoms with Crippen LogP contribution < -0.4 is 0 Å². The number of allylic oxidation sites excluding steroid dienone is 8. The maximum atomic E-state index is 5.45. The van der Waals surface area contributed by atoms with Crippen LogP contribution in [0, 0.1) is 0 Å². The van der Waals surface area contributed by atoms with Crippen molar-refractivity contribution < 1.29 is 4.74 Å². The lowest BCUT2D eigenvalue weighted by molar-refractivity contribution is 0.349. The van der Waals surface area contributed by atoms with Crippen LogP contribution in [-0.2, 0) is 4.74 Å². The van der Waals surface area contributed by atoms with Gasteiger partial charge < -0.3 is 4.74 Å². The van der Waals surface area contributed by atoms with E-state index < -0.39 is 0 Å². The molecule has 1 nitrogen and oxygen atoms in total. The van der Waals surface area contributed by atoms with Gasteiger partial charge >= 0.3 is 0 Å². The maximum absolute atomic E-state index is 5.45. The standard InChI is InChI=1S/C12H10O/c1-3-9-7-11-5-2-6-13-12(11)8-10(9)4-1/h1-4,6,8H,5,7H2. The van der Waals surface area contributed by atoms with Crippen LogP contribution in [0.5, 0.6) is 0 Å². The Balaban J connectivity index is 2.04. The molecular formula is C12H10O. The first-order valence-corrected chi connectivity index (χ1v) is 4.56. The highest BCUT2D eigenvalue weighted by atomic mass is 16.5. The summed E-state index contributed by atoms with van der Waals surface area (Å²) in [4.78, 5) is 0. The first kappa shape index (κ1) is 6.96. The average molecular weight is 170 g/mol. The zero-order chi connectivity index (χ0) is 8.67. The van der Waals surface area contributed by atoms with E-state index in [1.807, 2.05) is 0 Å². The molecule has 0 amide bonds. The van der Waals surface area contributed by atoms with Crippen LogP contribution in [0.1, 0.15) is 12.8 Å². The Morgan fingerprint density at radius 3 is 3.31 bits per heavy atom. The normalized spacial score (nSPS) is 23.4. The molecule has 0 aromatic carbocycles. The van der Waals surface area contributed by atoms with Gasteiger partial charge in [-0.05, 0) is 41.7 Å². The third kappa shape index (κ3) is 1.00. The molecule has 0 saturated carbocycles. The zero-order valence-corrected chi connectivity index (χ0v) is 7.29. The minimum atomic E-state index is 1.04. The summed E-state index contributed by atoms with van der Waals surface area (Å²) < 4.78 is 5.45. The number of hydrogen-bond acceptors (Lipinski definition) is 1. The average Bonchev–Trinajstić information content (AvgIpc) is 2.61. The van der Waals surface area contributed by atoms with E-state index in [9.17, 15) is 0 Å². The minimum Gasteiger partial charge on any atom is -0.465 e. The fourth-order valence-electron chi connectivity index (χ4n) is 1.94. The van der Waals surface area contributed by atoms with Gasteiger partial charge in [0.15, 0.2) is 0 Å². The fourth-order valence-corrected chi connectivity index (χ4v) is 1.94. The highest BCUT2D eigenvalue weighted by Crippen LogP contribution is 2.35. The number of rotatable bonds is 0. The molecule has 3 aliphatic rings. The van der Waals surface area contributed by atoms with Crippen molar-refractivity contribution >= 4 is 0 Å². The summed E-state index contributed by atoms with van der Waals surface area (Å²) in [7, 11) is 0. The number of fused-ring (bicyclic) bond motifs is 1. The second-order valence-corrected chi connectivity index (χ2v) is 3.49. The van der Waals surface area contributed by atoms with Gasteiger partial charge in [-0.2, -0.15) is 0 Å². The van der Waals surface area contributed by atoms with Crippen molar-refractivity contribution in [2.45, 2.75) is 12.8 Å². The van der Waals surface area contributed by atoms with Gasteiger partial charge in [-0.25, -0.2) is 0 Å². The first-order chi connectivity index (χ1) is 6.43. The number of hydrogen-bond donors (Lipinski definition) is 0. The lowest BCUT2D eigenvalue weighted by atomic mass is 9.91. The van der Waals surface area contributed by atoms with Crippen molar-refractivity contribution in [2.24, 2.45) is 0 Å². The van der Waals surface area contributed by atoms with Gasteiger partial charge in [-0.1, -0.05) is 18.2 Å². The molecule has 0 aromatic heterocycles. The molecule has 0 bridgehead atoms. The van der Waals surface area contributed by atoms with E-state index in [0.29, 0.717) is 0 Å². The van der Waals surface area contributed by atoms with E-state index in [4.69, 9.17) is 4.74 Å². The molecule has 3 rings (SSSR count). The van der Waals surface area contributed by atoms with Crippen molar-refractivity contribution in [3.05, 3.63) is 59.1 Å². The lowest BCUT2D eigenvalue weighted by Gasteiger charge is -2.20. The molecule has 0 spiro atoms. The van der Waals surface area contributed by atoms with Gasteiger partial charge in [0, 0.05) is 0 Å². The van der Waals surface area contributed by atoms with Crippen LogP contribution in [-0.4, -0.2) is 0 Å². The third-order valence-electron chi connectivity index (χ3n) is 2.64. The van der Waals surface area contributed by atoms with E-state index >= 15 is 0 Å². The Morgan fingerprint density at radius 2 is 2.31 bits per heavy atom. The molecule has 13 heavy (non-hydrogen) atoms. The van der Waals surface area contributed by atoms with Gasteiger partial charge in [0.2, 0.25) is 0 Å². The Morgan fingerprint density at radius 1 is 1.31 bits per heavy atom. The predicted molar refractivity (Wildman–Crippen MR) is 51.8 cm³/mol. The van der Waals surface area contributed by atoms with Crippen LogP contribution >= 0.6 is 0 Å². The quantitative estimate of drug-likeness (QED) is 0.543. The smallest absolute Gasteiger partial charge is 0.126 e. The van der Waals surface area contributed by atoms with Gasteiger partial charge in [0.25, 0.3) is 0 Å². The van der Waals surface area contributed by atoms with Gasteiger partial charge in [0.1, 0.15) is 5.76 Å². The highest BCUT2D eigenvalue weighted by Gasteiger charge is 2.19. The molecule has 1 aliphatic heterocycles. The van der Waals surface area contributed by atoms with Crippen molar-refractivity contribution in [3.8, 4) is 0 Å². The third-order valence-corrected chi connectivity index (χ3v) is 2.64. The van der Waals surface area contributed by atoms with Crippen LogP contribution in [0.15, 0.2) is 59.1 Å². The Bertz CT molecular complexity index is 403.